The molecule has 3 nitrogen and oxygen atoms in total. The Bertz CT molecular complexity index is 216. The molecule has 1 aliphatic carbocycles. The summed E-state index contributed by atoms with van der Waals surface area (Å²) in [6.07, 6.45) is 4.80. The SMILES string of the molecule is CC1CCCC(C(NC(C)C)C(N)=O)C1. The van der Waals surface area contributed by atoms with Gasteiger partial charge in [-0.1, -0.05) is 33.6 Å². The molecule has 1 amide bonds. The summed E-state index contributed by atoms with van der Waals surface area (Å²) in [5.74, 6) is 0.982. The fraction of sp³-hybridized carbons (Fsp3) is 0.917. The average Bonchev–Trinajstić information content (AvgIpc) is 2.13. The Morgan fingerprint density at radius 2 is 2.07 bits per heavy atom. The number of hydrogen-bond acceptors (Lipinski definition) is 2. The Hall–Kier alpha value is -0.570. The third-order valence-corrected chi connectivity index (χ3v) is 3.27. The van der Waals surface area contributed by atoms with Crippen molar-refractivity contribution in [3.05, 3.63) is 0 Å². The van der Waals surface area contributed by atoms with E-state index in [9.17, 15) is 4.79 Å². The van der Waals surface area contributed by atoms with Gasteiger partial charge in [0.25, 0.3) is 0 Å². The molecular formula is C12H24N2O. The summed E-state index contributed by atoms with van der Waals surface area (Å²) < 4.78 is 0. The molecule has 1 fully saturated rings. The van der Waals surface area contributed by atoms with Crippen LogP contribution in [0.4, 0.5) is 0 Å². The van der Waals surface area contributed by atoms with Crippen LogP contribution in [-0.2, 0) is 4.79 Å². The first kappa shape index (κ1) is 12.5. The molecule has 3 unspecified atom stereocenters. The first-order valence-electron chi connectivity index (χ1n) is 6.06. The molecule has 0 saturated heterocycles. The van der Waals surface area contributed by atoms with Crippen molar-refractivity contribution in [2.45, 2.75) is 58.5 Å². The lowest BCUT2D eigenvalue weighted by atomic mass is 9.78. The van der Waals surface area contributed by atoms with Crippen LogP contribution in [0, 0.1) is 11.8 Å². The molecule has 1 aliphatic rings. The highest BCUT2D eigenvalue weighted by molar-refractivity contribution is 5.80. The quantitative estimate of drug-likeness (QED) is 0.744. The van der Waals surface area contributed by atoms with E-state index in [0.717, 1.165) is 18.8 Å². The van der Waals surface area contributed by atoms with Crippen LogP contribution in [-0.4, -0.2) is 18.0 Å². The minimum atomic E-state index is -0.192. The van der Waals surface area contributed by atoms with Gasteiger partial charge in [0.15, 0.2) is 0 Å². The van der Waals surface area contributed by atoms with Gasteiger partial charge in [0.05, 0.1) is 6.04 Å². The number of amides is 1. The van der Waals surface area contributed by atoms with Gasteiger partial charge in [0, 0.05) is 6.04 Å². The van der Waals surface area contributed by atoms with Crippen molar-refractivity contribution in [2.24, 2.45) is 17.6 Å². The van der Waals surface area contributed by atoms with E-state index in [1.165, 1.54) is 12.8 Å². The summed E-state index contributed by atoms with van der Waals surface area (Å²) in [6.45, 7) is 6.38. The van der Waals surface area contributed by atoms with Crippen molar-refractivity contribution < 1.29 is 4.79 Å². The van der Waals surface area contributed by atoms with E-state index in [2.05, 4.69) is 26.1 Å². The largest absolute Gasteiger partial charge is 0.368 e. The number of primary amides is 1. The molecule has 0 aliphatic heterocycles. The second-order valence-electron chi connectivity index (χ2n) is 5.23. The van der Waals surface area contributed by atoms with Crippen molar-refractivity contribution in [3.8, 4) is 0 Å². The first-order chi connectivity index (χ1) is 7.00. The molecule has 1 rings (SSSR count). The van der Waals surface area contributed by atoms with E-state index in [-0.39, 0.29) is 11.9 Å². The fourth-order valence-corrected chi connectivity index (χ4v) is 2.59. The third kappa shape index (κ3) is 3.82. The Morgan fingerprint density at radius 1 is 1.40 bits per heavy atom. The second-order valence-corrected chi connectivity index (χ2v) is 5.23. The number of carbonyl (C=O) groups excluding carboxylic acids is 1. The van der Waals surface area contributed by atoms with Crippen LogP contribution in [0.25, 0.3) is 0 Å². The molecule has 0 spiro atoms. The summed E-state index contributed by atoms with van der Waals surface area (Å²) in [5.41, 5.74) is 5.46. The Morgan fingerprint density at radius 3 is 2.53 bits per heavy atom. The van der Waals surface area contributed by atoms with Gasteiger partial charge in [-0.2, -0.15) is 0 Å². The van der Waals surface area contributed by atoms with Crippen molar-refractivity contribution in [1.82, 2.24) is 5.32 Å². The molecule has 0 aromatic carbocycles. The van der Waals surface area contributed by atoms with Crippen LogP contribution in [0.15, 0.2) is 0 Å². The monoisotopic (exact) mass is 212 g/mol. The van der Waals surface area contributed by atoms with Crippen molar-refractivity contribution in [3.63, 3.8) is 0 Å². The van der Waals surface area contributed by atoms with E-state index in [1.54, 1.807) is 0 Å². The predicted molar refractivity (Wildman–Crippen MR) is 62.4 cm³/mol. The normalized spacial score (nSPS) is 29.1. The van der Waals surface area contributed by atoms with Crippen LogP contribution < -0.4 is 11.1 Å². The number of rotatable bonds is 4. The molecule has 88 valence electrons. The molecule has 0 aromatic heterocycles. The van der Waals surface area contributed by atoms with Gasteiger partial charge in [0.2, 0.25) is 5.91 Å². The molecule has 3 heteroatoms. The van der Waals surface area contributed by atoms with Gasteiger partial charge in [-0.25, -0.2) is 0 Å². The smallest absolute Gasteiger partial charge is 0.234 e. The molecule has 15 heavy (non-hydrogen) atoms. The highest BCUT2D eigenvalue weighted by Crippen LogP contribution is 2.30. The lowest BCUT2D eigenvalue weighted by molar-refractivity contribution is -0.121. The zero-order valence-electron chi connectivity index (χ0n) is 10.1. The molecule has 3 atom stereocenters. The minimum absolute atomic E-state index is 0.132. The number of nitrogens with two attached hydrogens (primary N) is 1. The number of nitrogens with one attached hydrogen (secondary N) is 1. The summed E-state index contributed by atoms with van der Waals surface area (Å²) in [6, 6.07) is 0.187. The van der Waals surface area contributed by atoms with Crippen LogP contribution in [0.3, 0.4) is 0 Å². The van der Waals surface area contributed by atoms with Gasteiger partial charge in [-0.3, -0.25) is 4.79 Å². The predicted octanol–water partition coefficient (Wildman–Crippen LogP) is 1.66. The Kier molecular flexibility index (Phi) is 4.58. The molecule has 0 aromatic rings. The highest BCUT2D eigenvalue weighted by Gasteiger charge is 2.30. The van der Waals surface area contributed by atoms with Gasteiger partial charge in [-0.15, -0.1) is 0 Å². The van der Waals surface area contributed by atoms with E-state index < -0.39 is 0 Å². The summed E-state index contributed by atoms with van der Waals surface area (Å²) in [5, 5.41) is 3.30. The lowest BCUT2D eigenvalue weighted by Gasteiger charge is -2.33. The van der Waals surface area contributed by atoms with Crippen LogP contribution >= 0.6 is 0 Å². The topological polar surface area (TPSA) is 55.1 Å². The maximum absolute atomic E-state index is 11.4. The first-order valence-corrected chi connectivity index (χ1v) is 6.06. The molecular weight excluding hydrogens is 188 g/mol. The van der Waals surface area contributed by atoms with E-state index in [4.69, 9.17) is 5.73 Å². The zero-order valence-corrected chi connectivity index (χ0v) is 10.1. The summed E-state index contributed by atoms with van der Waals surface area (Å²) >= 11 is 0. The van der Waals surface area contributed by atoms with Crippen LogP contribution in [0.2, 0.25) is 0 Å². The number of hydrogen-bond donors (Lipinski definition) is 2. The van der Waals surface area contributed by atoms with Crippen LogP contribution in [0.5, 0.6) is 0 Å². The summed E-state index contributed by atoms with van der Waals surface area (Å²) in [7, 11) is 0. The molecule has 0 bridgehead atoms. The van der Waals surface area contributed by atoms with Crippen molar-refractivity contribution >= 4 is 5.91 Å². The van der Waals surface area contributed by atoms with Gasteiger partial charge in [0.1, 0.15) is 0 Å². The summed E-state index contributed by atoms with van der Waals surface area (Å²) in [4.78, 5) is 11.4. The molecule has 0 radical (unpaired) electrons. The van der Waals surface area contributed by atoms with Crippen LogP contribution in [0.1, 0.15) is 46.5 Å². The highest BCUT2D eigenvalue weighted by atomic mass is 16.1. The van der Waals surface area contributed by atoms with E-state index in [0.29, 0.717) is 12.0 Å². The third-order valence-electron chi connectivity index (χ3n) is 3.27. The van der Waals surface area contributed by atoms with Gasteiger partial charge < -0.3 is 11.1 Å². The number of carbonyl (C=O) groups is 1. The molecule has 0 heterocycles. The lowest BCUT2D eigenvalue weighted by Crippen LogP contribution is -2.50. The van der Waals surface area contributed by atoms with Gasteiger partial charge in [-0.05, 0) is 24.7 Å². The average molecular weight is 212 g/mol. The van der Waals surface area contributed by atoms with Crippen molar-refractivity contribution in [1.29, 1.82) is 0 Å². The molecule has 1 saturated carbocycles. The van der Waals surface area contributed by atoms with Crippen molar-refractivity contribution in [2.75, 3.05) is 0 Å². The maximum atomic E-state index is 11.4. The zero-order chi connectivity index (χ0) is 11.4. The fourth-order valence-electron chi connectivity index (χ4n) is 2.59. The minimum Gasteiger partial charge on any atom is -0.368 e. The van der Waals surface area contributed by atoms with E-state index in [1.807, 2.05) is 0 Å². The standard InChI is InChI=1S/C12H24N2O/c1-8(2)14-11(12(13)15)10-6-4-5-9(3)7-10/h8-11,14H,4-7H2,1-3H3,(H2,13,15). The maximum Gasteiger partial charge on any atom is 0.234 e. The molecule has 3 N–H and O–H groups in total. The van der Waals surface area contributed by atoms with E-state index >= 15 is 0 Å². The Balaban J connectivity index is 2.58. The second kappa shape index (κ2) is 5.50. The van der Waals surface area contributed by atoms with Gasteiger partial charge >= 0.3 is 0 Å². The Labute approximate surface area is 92.8 Å².